The summed E-state index contributed by atoms with van der Waals surface area (Å²) in [6, 6.07) is -0.386. The predicted molar refractivity (Wildman–Crippen MR) is 81.0 cm³/mol. The highest BCUT2D eigenvalue weighted by molar-refractivity contribution is 7.89. The Morgan fingerprint density at radius 2 is 2.05 bits per heavy atom. The molecule has 1 fully saturated rings. The smallest absolute Gasteiger partial charge is 0.247 e. The highest BCUT2D eigenvalue weighted by Crippen LogP contribution is 2.28. The first-order chi connectivity index (χ1) is 9.26. The summed E-state index contributed by atoms with van der Waals surface area (Å²) in [5.74, 6) is 0. The van der Waals surface area contributed by atoms with E-state index in [0.717, 1.165) is 12.8 Å². The van der Waals surface area contributed by atoms with Crippen molar-refractivity contribution in [3.05, 3.63) is 11.4 Å². The van der Waals surface area contributed by atoms with Crippen LogP contribution >= 0.6 is 12.2 Å². The van der Waals surface area contributed by atoms with E-state index >= 15 is 0 Å². The molecule has 0 bridgehead atoms. The zero-order chi connectivity index (χ0) is 15.1. The highest BCUT2D eigenvalue weighted by Gasteiger charge is 2.37. The second-order valence-corrected chi connectivity index (χ2v) is 7.45. The van der Waals surface area contributed by atoms with Gasteiger partial charge in [0, 0.05) is 13.6 Å². The summed E-state index contributed by atoms with van der Waals surface area (Å²) < 4.78 is 28.9. The molecule has 0 amide bonds. The zero-order valence-corrected chi connectivity index (χ0v) is 13.6. The van der Waals surface area contributed by atoms with Gasteiger partial charge in [-0.05, 0) is 26.7 Å². The summed E-state index contributed by atoms with van der Waals surface area (Å²) in [6.07, 6.45) is 2.46. The first-order valence-electron chi connectivity index (χ1n) is 6.58. The molecule has 0 spiro atoms. The van der Waals surface area contributed by atoms with Gasteiger partial charge >= 0.3 is 0 Å². The van der Waals surface area contributed by atoms with Crippen LogP contribution in [-0.2, 0) is 17.1 Å². The van der Waals surface area contributed by atoms with Crippen LogP contribution in [0.4, 0.5) is 0 Å². The van der Waals surface area contributed by atoms with Gasteiger partial charge in [0.2, 0.25) is 10.0 Å². The van der Waals surface area contributed by atoms with Gasteiger partial charge in [-0.3, -0.25) is 4.68 Å². The van der Waals surface area contributed by atoms with Crippen LogP contribution in [-0.4, -0.2) is 40.1 Å². The lowest BCUT2D eigenvalue weighted by Gasteiger charge is -2.33. The molecule has 1 aromatic heterocycles. The van der Waals surface area contributed by atoms with Crippen molar-refractivity contribution in [3.63, 3.8) is 0 Å². The molecular weight excluding hydrogens is 296 g/mol. The van der Waals surface area contributed by atoms with Crippen LogP contribution in [0.3, 0.4) is 0 Å². The number of thiocarbonyl (C=S) groups is 1. The summed E-state index contributed by atoms with van der Waals surface area (Å²) in [7, 11) is -1.88. The van der Waals surface area contributed by atoms with Crippen LogP contribution in [0.15, 0.2) is 4.90 Å². The van der Waals surface area contributed by atoms with Crippen molar-refractivity contribution in [2.75, 3.05) is 6.54 Å². The summed E-state index contributed by atoms with van der Waals surface area (Å²) in [5, 5.41) is 4.19. The van der Waals surface area contributed by atoms with Crippen LogP contribution < -0.4 is 5.73 Å². The lowest BCUT2D eigenvalue weighted by Crippen LogP contribution is -2.49. The van der Waals surface area contributed by atoms with Gasteiger partial charge in [0.1, 0.15) is 4.90 Å². The van der Waals surface area contributed by atoms with Crippen molar-refractivity contribution < 1.29 is 8.42 Å². The summed E-state index contributed by atoms with van der Waals surface area (Å²) >= 11 is 5.03. The van der Waals surface area contributed by atoms with Crippen molar-refractivity contribution in [2.24, 2.45) is 12.8 Å². The van der Waals surface area contributed by atoms with Crippen LogP contribution in [0.5, 0.6) is 0 Å². The van der Waals surface area contributed by atoms with Crippen molar-refractivity contribution in [1.29, 1.82) is 0 Å². The third kappa shape index (κ3) is 2.47. The van der Waals surface area contributed by atoms with E-state index in [2.05, 4.69) is 5.10 Å². The second-order valence-electron chi connectivity index (χ2n) is 5.15. The average Bonchev–Trinajstić information content (AvgIpc) is 2.63. The summed E-state index contributed by atoms with van der Waals surface area (Å²) in [6.45, 7) is 3.92. The molecular formula is C12H20N4O2S2. The standard InChI is InChI=1S/C12H20N4O2S2/c1-8-11(9(2)15(3)14-8)20(17,18)16-7-5-4-6-10(16)12(13)19/h10H,4-7H2,1-3H3,(H2,13,19). The maximum Gasteiger partial charge on any atom is 0.247 e. The topological polar surface area (TPSA) is 81.2 Å². The molecule has 0 aromatic carbocycles. The molecule has 2 rings (SSSR count). The van der Waals surface area contributed by atoms with Gasteiger partial charge in [-0.2, -0.15) is 9.40 Å². The fraction of sp³-hybridized carbons (Fsp3) is 0.667. The molecule has 0 saturated carbocycles. The van der Waals surface area contributed by atoms with Gasteiger partial charge in [0.15, 0.2) is 0 Å². The molecule has 1 aliphatic rings. The average molecular weight is 316 g/mol. The normalized spacial score (nSPS) is 21.1. The van der Waals surface area contributed by atoms with Gasteiger partial charge in [-0.25, -0.2) is 8.42 Å². The van der Waals surface area contributed by atoms with E-state index in [0.29, 0.717) is 24.4 Å². The zero-order valence-electron chi connectivity index (χ0n) is 12.0. The quantitative estimate of drug-likeness (QED) is 0.837. The highest BCUT2D eigenvalue weighted by atomic mass is 32.2. The van der Waals surface area contributed by atoms with Crippen LogP contribution in [0, 0.1) is 13.8 Å². The minimum Gasteiger partial charge on any atom is -0.392 e. The molecule has 8 heteroatoms. The molecule has 1 aromatic rings. The Morgan fingerprint density at radius 1 is 1.40 bits per heavy atom. The Balaban J connectivity index is 2.50. The molecule has 1 saturated heterocycles. The number of aryl methyl sites for hydroxylation is 2. The van der Waals surface area contributed by atoms with Crippen LogP contribution in [0.25, 0.3) is 0 Å². The predicted octanol–water partition coefficient (Wildman–Crippen LogP) is 0.866. The van der Waals surface area contributed by atoms with Crippen LogP contribution in [0.2, 0.25) is 0 Å². The molecule has 0 aliphatic carbocycles. The van der Waals surface area contributed by atoms with E-state index in [9.17, 15) is 8.42 Å². The molecule has 1 atom stereocenters. The Hall–Kier alpha value is -0.990. The largest absolute Gasteiger partial charge is 0.392 e. The maximum absolute atomic E-state index is 12.9. The Labute approximate surface area is 125 Å². The Morgan fingerprint density at radius 3 is 2.55 bits per heavy atom. The van der Waals surface area contributed by atoms with Crippen LogP contribution in [0.1, 0.15) is 30.7 Å². The molecule has 112 valence electrons. The number of aromatic nitrogens is 2. The first-order valence-corrected chi connectivity index (χ1v) is 8.43. The molecule has 2 heterocycles. The van der Waals surface area contributed by atoms with E-state index in [1.807, 2.05) is 0 Å². The molecule has 1 aliphatic heterocycles. The lowest BCUT2D eigenvalue weighted by molar-refractivity contribution is 0.306. The number of hydrogen-bond donors (Lipinski definition) is 1. The molecule has 2 N–H and O–H groups in total. The number of hydrogen-bond acceptors (Lipinski definition) is 4. The van der Waals surface area contributed by atoms with Gasteiger partial charge in [0.05, 0.1) is 22.4 Å². The van der Waals surface area contributed by atoms with E-state index in [-0.39, 0.29) is 15.9 Å². The Kier molecular flexibility index (Phi) is 4.17. The SMILES string of the molecule is Cc1nn(C)c(C)c1S(=O)(=O)N1CCCCC1C(N)=S. The van der Waals surface area contributed by atoms with E-state index < -0.39 is 10.0 Å². The first kappa shape index (κ1) is 15.4. The minimum atomic E-state index is -3.61. The fourth-order valence-electron chi connectivity index (χ4n) is 2.72. The molecule has 0 radical (unpaired) electrons. The lowest BCUT2D eigenvalue weighted by atomic mass is 10.1. The second kappa shape index (κ2) is 5.42. The minimum absolute atomic E-state index is 0.243. The van der Waals surface area contributed by atoms with Crippen molar-refractivity contribution in [2.45, 2.75) is 44.0 Å². The van der Waals surface area contributed by atoms with Crippen molar-refractivity contribution in [3.8, 4) is 0 Å². The number of nitrogens with two attached hydrogens (primary N) is 1. The summed E-state index contributed by atoms with van der Waals surface area (Å²) in [4.78, 5) is 0.524. The van der Waals surface area contributed by atoms with Crippen molar-refractivity contribution >= 4 is 27.2 Å². The number of nitrogens with zero attached hydrogens (tertiary/aromatic N) is 3. The fourth-order valence-corrected chi connectivity index (χ4v) is 5.11. The maximum atomic E-state index is 12.9. The van der Waals surface area contributed by atoms with E-state index in [1.165, 1.54) is 4.31 Å². The molecule has 20 heavy (non-hydrogen) atoms. The third-order valence-electron chi connectivity index (χ3n) is 3.79. The van der Waals surface area contributed by atoms with E-state index in [4.69, 9.17) is 18.0 Å². The summed E-state index contributed by atoms with van der Waals surface area (Å²) in [5.41, 5.74) is 6.86. The number of rotatable bonds is 3. The number of sulfonamides is 1. The Bertz CT molecular complexity index is 636. The van der Waals surface area contributed by atoms with Gasteiger partial charge < -0.3 is 5.73 Å². The van der Waals surface area contributed by atoms with Gasteiger partial charge in [-0.1, -0.05) is 18.6 Å². The molecule has 1 unspecified atom stereocenters. The number of piperidine rings is 1. The van der Waals surface area contributed by atoms with Gasteiger partial charge in [-0.15, -0.1) is 0 Å². The third-order valence-corrected chi connectivity index (χ3v) is 6.22. The molecule has 6 nitrogen and oxygen atoms in total. The monoisotopic (exact) mass is 316 g/mol. The van der Waals surface area contributed by atoms with E-state index in [1.54, 1.807) is 25.6 Å². The van der Waals surface area contributed by atoms with Gasteiger partial charge in [0.25, 0.3) is 0 Å². The van der Waals surface area contributed by atoms with Crippen molar-refractivity contribution in [1.82, 2.24) is 14.1 Å².